The normalized spacial score (nSPS) is 38.6. The van der Waals surface area contributed by atoms with E-state index in [2.05, 4.69) is 5.32 Å². The number of aliphatic hydroxyl groups is 1. The summed E-state index contributed by atoms with van der Waals surface area (Å²) in [5.41, 5.74) is -0.783. The van der Waals surface area contributed by atoms with Crippen LogP contribution in [0.5, 0.6) is 0 Å². The molecule has 0 aromatic rings. The van der Waals surface area contributed by atoms with E-state index >= 15 is 0 Å². The lowest BCUT2D eigenvalue weighted by atomic mass is 9.77. The minimum atomic E-state index is -0.783. The third kappa shape index (κ3) is 3.68. The molecule has 0 radical (unpaired) electrons. The van der Waals surface area contributed by atoms with Gasteiger partial charge in [-0.25, -0.2) is 0 Å². The Morgan fingerprint density at radius 2 is 2.26 bits per heavy atom. The monoisotopic (exact) mass is 271 g/mol. The fourth-order valence-electron chi connectivity index (χ4n) is 2.94. The summed E-state index contributed by atoms with van der Waals surface area (Å²) in [6.45, 7) is 5.61. The topological polar surface area (TPSA) is 67.8 Å². The summed E-state index contributed by atoms with van der Waals surface area (Å²) < 4.78 is 10.9. The van der Waals surface area contributed by atoms with Gasteiger partial charge in [0, 0.05) is 32.6 Å². The van der Waals surface area contributed by atoms with Crippen molar-refractivity contribution >= 4 is 5.91 Å². The highest BCUT2D eigenvalue weighted by Crippen LogP contribution is 2.34. The molecule has 2 rings (SSSR count). The van der Waals surface area contributed by atoms with Crippen LogP contribution in [0.3, 0.4) is 0 Å². The van der Waals surface area contributed by atoms with E-state index in [4.69, 9.17) is 9.47 Å². The highest BCUT2D eigenvalue weighted by Gasteiger charge is 2.43. The fraction of sp³-hybridized carbons (Fsp3) is 0.929. The third-order valence-corrected chi connectivity index (χ3v) is 4.15. The SMILES string of the molecule is CCOC1CC(O)(CNC(=O)[C@H]2CCCO[C@H]2C)C1. The van der Waals surface area contributed by atoms with Crippen molar-refractivity contribution in [1.29, 1.82) is 0 Å². The highest BCUT2D eigenvalue weighted by atomic mass is 16.5. The molecule has 5 nitrogen and oxygen atoms in total. The first kappa shape index (κ1) is 14.8. The number of rotatable bonds is 5. The van der Waals surface area contributed by atoms with Gasteiger partial charge in [0.25, 0.3) is 0 Å². The van der Waals surface area contributed by atoms with Gasteiger partial charge >= 0.3 is 0 Å². The molecule has 1 amide bonds. The Kier molecular flexibility index (Phi) is 4.81. The first-order chi connectivity index (χ1) is 9.04. The van der Waals surface area contributed by atoms with Crippen molar-refractivity contribution in [2.45, 2.75) is 57.3 Å². The van der Waals surface area contributed by atoms with Gasteiger partial charge in [-0.05, 0) is 26.7 Å². The Labute approximate surface area is 114 Å². The van der Waals surface area contributed by atoms with Gasteiger partial charge in [0.1, 0.15) is 0 Å². The maximum atomic E-state index is 12.1. The number of amides is 1. The van der Waals surface area contributed by atoms with Crippen molar-refractivity contribution in [2.24, 2.45) is 5.92 Å². The van der Waals surface area contributed by atoms with Crippen LogP contribution in [0.4, 0.5) is 0 Å². The van der Waals surface area contributed by atoms with Crippen LogP contribution in [-0.2, 0) is 14.3 Å². The second kappa shape index (κ2) is 6.20. The number of nitrogens with one attached hydrogen (secondary N) is 1. The van der Waals surface area contributed by atoms with Crippen LogP contribution in [0.15, 0.2) is 0 Å². The van der Waals surface area contributed by atoms with Gasteiger partial charge in [-0.15, -0.1) is 0 Å². The molecule has 1 heterocycles. The van der Waals surface area contributed by atoms with E-state index in [9.17, 15) is 9.90 Å². The summed E-state index contributed by atoms with van der Waals surface area (Å²) in [4.78, 5) is 12.1. The van der Waals surface area contributed by atoms with E-state index in [1.165, 1.54) is 0 Å². The summed E-state index contributed by atoms with van der Waals surface area (Å²) in [5, 5.41) is 13.1. The summed E-state index contributed by atoms with van der Waals surface area (Å²) in [7, 11) is 0. The Morgan fingerprint density at radius 1 is 1.53 bits per heavy atom. The molecule has 110 valence electrons. The zero-order valence-electron chi connectivity index (χ0n) is 11.9. The second-order valence-electron chi connectivity index (χ2n) is 5.75. The molecule has 0 spiro atoms. The zero-order valence-corrected chi connectivity index (χ0v) is 11.9. The Morgan fingerprint density at radius 3 is 2.89 bits per heavy atom. The molecule has 2 aliphatic rings. The van der Waals surface area contributed by atoms with Crippen LogP contribution in [0.2, 0.25) is 0 Å². The molecule has 2 N–H and O–H groups in total. The maximum absolute atomic E-state index is 12.1. The molecule has 2 fully saturated rings. The largest absolute Gasteiger partial charge is 0.388 e. The van der Waals surface area contributed by atoms with Gasteiger partial charge in [0.05, 0.1) is 23.7 Å². The summed E-state index contributed by atoms with van der Waals surface area (Å²) >= 11 is 0. The van der Waals surface area contributed by atoms with Gasteiger partial charge in [-0.3, -0.25) is 4.79 Å². The number of carbonyl (C=O) groups is 1. The van der Waals surface area contributed by atoms with Crippen LogP contribution in [-0.4, -0.2) is 48.6 Å². The van der Waals surface area contributed by atoms with Gasteiger partial charge in [0.2, 0.25) is 5.91 Å². The van der Waals surface area contributed by atoms with Crippen LogP contribution in [0.1, 0.15) is 39.5 Å². The minimum absolute atomic E-state index is 0.000449. The van der Waals surface area contributed by atoms with Crippen molar-refractivity contribution in [3.63, 3.8) is 0 Å². The molecule has 1 aliphatic heterocycles. The lowest BCUT2D eigenvalue weighted by molar-refractivity contribution is -0.146. The average molecular weight is 271 g/mol. The molecule has 0 unspecified atom stereocenters. The number of hydrogen-bond acceptors (Lipinski definition) is 4. The van der Waals surface area contributed by atoms with Crippen LogP contribution >= 0.6 is 0 Å². The summed E-state index contributed by atoms with van der Waals surface area (Å²) in [6, 6.07) is 0. The van der Waals surface area contributed by atoms with Crippen LogP contribution in [0, 0.1) is 5.92 Å². The van der Waals surface area contributed by atoms with Crippen molar-refractivity contribution in [3.8, 4) is 0 Å². The molecule has 1 saturated heterocycles. The molecular formula is C14H25NO4. The van der Waals surface area contributed by atoms with Crippen molar-refractivity contribution in [3.05, 3.63) is 0 Å². The predicted octanol–water partition coefficient (Wildman–Crippen LogP) is 0.848. The maximum Gasteiger partial charge on any atom is 0.225 e. The van der Waals surface area contributed by atoms with Crippen molar-refractivity contribution in [2.75, 3.05) is 19.8 Å². The summed E-state index contributed by atoms with van der Waals surface area (Å²) in [5.74, 6) is -0.0828. The van der Waals surface area contributed by atoms with E-state index in [1.54, 1.807) is 0 Å². The highest BCUT2D eigenvalue weighted by molar-refractivity contribution is 5.79. The van der Waals surface area contributed by atoms with Gasteiger partial charge in [0.15, 0.2) is 0 Å². The van der Waals surface area contributed by atoms with Gasteiger partial charge in [-0.1, -0.05) is 0 Å². The lowest BCUT2D eigenvalue weighted by Crippen LogP contribution is -2.56. The minimum Gasteiger partial charge on any atom is -0.388 e. The molecule has 5 heteroatoms. The molecule has 0 aromatic heterocycles. The third-order valence-electron chi connectivity index (χ3n) is 4.15. The van der Waals surface area contributed by atoms with E-state index in [0.29, 0.717) is 26.0 Å². The second-order valence-corrected chi connectivity index (χ2v) is 5.75. The number of carbonyl (C=O) groups excluding carboxylic acids is 1. The van der Waals surface area contributed by atoms with E-state index in [0.717, 1.165) is 19.4 Å². The first-order valence-corrected chi connectivity index (χ1v) is 7.27. The number of ether oxygens (including phenoxy) is 2. The molecule has 2 atom stereocenters. The number of hydrogen-bond donors (Lipinski definition) is 2. The molecule has 1 aliphatic carbocycles. The predicted molar refractivity (Wildman–Crippen MR) is 70.7 cm³/mol. The van der Waals surface area contributed by atoms with Crippen LogP contribution < -0.4 is 5.32 Å². The molecular weight excluding hydrogens is 246 g/mol. The smallest absolute Gasteiger partial charge is 0.225 e. The Balaban J connectivity index is 1.72. The Bertz CT molecular complexity index is 315. The standard InChI is InChI=1S/C14H25NO4/c1-3-18-11-7-14(17,8-11)9-15-13(16)12-5-4-6-19-10(12)2/h10-12,17H,3-9H2,1-2H3,(H,15,16)/t10-,11?,12-,14?/m0/s1. The molecule has 0 aromatic carbocycles. The van der Waals surface area contributed by atoms with E-state index in [1.807, 2.05) is 13.8 Å². The molecule has 1 saturated carbocycles. The zero-order chi connectivity index (χ0) is 13.9. The van der Waals surface area contributed by atoms with Crippen LogP contribution in [0.25, 0.3) is 0 Å². The van der Waals surface area contributed by atoms with Gasteiger partial charge < -0.3 is 19.9 Å². The van der Waals surface area contributed by atoms with E-state index < -0.39 is 5.60 Å². The average Bonchev–Trinajstić information content (AvgIpc) is 2.35. The lowest BCUT2D eigenvalue weighted by Gasteiger charge is -2.43. The molecule has 0 bridgehead atoms. The first-order valence-electron chi connectivity index (χ1n) is 7.27. The summed E-state index contributed by atoms with van der Waals surface area (Å²) in [6.07, 6.45) is 3.13. The quantitative estimate of drug-likeness (QED) is 0.778. The Hall–Kier alpha value is -0.650. The van der Waals surface area contributed by atoms with Crippen molar-refractivity contribution in [1.82, 2.24) is 5.32 Å². The van der Waals surface area contributed by atoms with Gasteiger partial charge in [-0.2, -0.15) is 0 Å². The van der Waals surface area contributed by atoms with Crippen molar-refractivity contribution < 1.29 is 19.4 Å². The van der Waals surface area contributed by atoms with E-state index in [-0.39, 0.29) is 24.0 Å². The molecule has 19 heavy (non-hydrogen) atoms. The fourth-order valence-corrected chi connectivity index (χ4v) is 2.94.